The Morgan fingerprint density at radius 1 is 1.35 bits per heavy atom. The number of hydrogen-bond acceptors (Lipinski definition) is 3. The second-order valence-electron chi connectivity index (χ2n) is 4.53. The Kier molecular flexibility index (Phi) is 6.29. The smallest absolute Gasteiger partial charge is 0.328 e. The summed E-state index contributed by atoms with van der Waals surface area (Å²) in [6, 6.07) is 7.18. The molecule has 0 saturated carbocycles. The maximum Gasteiger partial charge on any atom is 0.328 e. The third-order valence-corrected chi connectivity index (χ3v) is 2.36. The Balaban J connectivity index is 2.55. The molecule has 1 aromatic carbocycles. The van der Waals surface area contributed by atoms with Gasteiger partial charge in [0.05, 0.1) is 13.0 Å². The van der Waals surface area contributed by atoms with Crippen LogP contribution >= 0.6 is 0 Å². The van der Waals surface area contributed by atoms with Gasteiger partial charge in [0.1, 0.15) is 5.75 Å². The van der Waals surface area contributed by atoms with Crippen molar-refractivity contribution in [3.63, 3.8) is 0 Å². The summed E-state index contributed by atoms with van der Waals surface area (Å²) in [7, 11) is 0. The zero-order chi connectivity index (χ0) is 15.0. The van der Waals surface area contributed by atoms with E-state index in [0.29, 0.717) is 11.3 Å². The van der Waals surface area contributed by atoms with Crippen LogP contribution in [0.1, 0.15) is 25.8 Å². The lowest BCUT2D eigenvalue weighted by molar-refractivity contribution is -0.131. The zero-order valence-corrected chi connectivity index (χ0v) is 11.6. The molecule has 0 atom stereocenters. The summed E-state index contributed by atoms with van der Waals surface area (Å²) in [5.41, 5.74) is 0.666. The quantitative estimate of drug-likeness (QED) is 0.748. The van der Waals surface area contributed by atoms with Gasteiger partial charge in [-0.05, 0) is 26.0 Å². The molecule has 0 radical (unpaired) electrons. The van der Waals surface area contributed by atoms with Crippen molar-refractivity contribution < 1.29 is 19.4 Å². The third kappa shape index (κ3) is 6.04. The van der Waals surface area contributed by atoms with Crippen molar-refractivity contribution in [2.24, 2.45) is 0 Å². The predicted octanol–water partition coefficient (Wildman–Crippen LogP) is 2.08. The maximum atomic E-state index is 11.5. The molecule has 1 aromatic rings. The van der Waals surface area contributed by atoms with Crippen LogP contribution < -0.4 is 10.1 Å². The highest BCUT2D eigenvalue weighted by Crippen LogP contribution is 2.19. The number of carboxylic acids is 1. The van der Waals surface area contributed by atoms with E-state index in [9.17, 15) is 9.59 Å². The van der Waals surface area contributed by atoms with Crippen LogP contribution in [0.25, 0.3) is 6.08 Å². The number of rotatable bonds is 7. The molecule has 5 heteroatoms. The fraction of sp³-hybridized carbons (Fsp3) is 0.333. The van der Waals surface area contributed by atoms with E-state index in [2.05, 4.69) is 5.32 Å². The highest BCUT2D eigenvalue weighted by atomic mass is 16.5. The summed E-state index contributed by atoms with van der Waals surface area (Å²) in [5.74, 6) is -0.531. The van der Waals surface area contributed by atoms with Crippen molar-refractivity contribution >= 4 is 18.0 Å². The van der Waals surface area contributed by atoms with Crippen molar-refractivity contribution in [1.82, 2.24) is 5.32 Å². The molecule has 0 aliphatic rings. The fourth-order valence-corrected chi connectivity index (χ4v) is 1.56. The monoisotopic (exact) mass is 277 g/mol. The van der Waals surface area contributed by atoms with Crippen LogP contribution in [0.5, 0.6) is 5.75 Å². The molecule has 1 rings (SSSR count). The first kappa shape index (κ1) is 15.8. The number of carbonyl (C=O) groups is 2. The van der Waals surface area contributed by atoms with Gasteiger partial charge in [0.25, 0.3) is 0 Å². The van der Waals surface area contributed by atoms with Gasteiger partial charge in [-0.15, -0.1) is 0 Å². The summed E-state index contributed by atoms with van der Waals surface area (Å²) >= 11 is 0. The number of hydrogen-bond donors (Lipinski definition) is 2. The molecule has 0 heterocycles. The van der Waals surface area contributed by atoms with Gasteiger partial charge in [0.2, 0.25) is 5.91 Å². The van der Waals surface area contributed by atoms with Crippen LogP contribution in [0, 0.1) is 0 Å². The SMILES string of the molecule is CC(C)NC(=O)CCOc1ccccc1C=CC(=O)O. The topological polar surface area (TPSA) is 75.6 Å². The number of nitrogens with one attached hydrogen (secondary N) is 1. The minimum atomic E-state index is -1.02. The number of aliphatic carboxylic acids is 1. The summed E-state index contributed by atoms with van der Waals surface area (Å²) in [4.78, 5) is 22.0. The Morgan fingerprint density at radius 3 is 2.70 bits per heavy atom. The molecule has 0 unspecified atom stereocenters. The normalized spacial score (nSPS) is 10.8. The van der Waals surface area contributed by atoms with Crippen molar-refractivity contribution in [2.75, 3.05) is 6.61 Å². The molecule has 0 aliphatic carbocycles. The molecule has 0 spiro atoms. The molecule has 1 amide bonds. The van der Waals surface area contributed by atoms with Crippen molar-refractivity contribution in [3.05, 3.63) is 35.9 Å². The first-order valence-corrected chi connectivity index (χ1v) is 6.41. The van der Waals surface area contributed by atoms with Crippen LogP contribution in [-0.4, -0.2) is 29.6 Å². The van der Waals surface area contributed by atoms with E-state index in [0.717, 1.165) is 6.08 Å². The molecular formula is C15H19NO4. The lowest BCUT2D eigenvalue weighted by atomic mass is 10.2. The molecule has 0 aliphatic heterocycles. The van der Waals surface area contributed by atoms with Gasteiger partial charge in [0.15, 0.2) is 0 Å². The summed E-state index contributed by atoms with van der Waals surface area (Å²) < 4.78 is 5.52. The Morgan fingerprint density at radius 2 is 2.05 bits per heavy atom. The number of amides is 1. The fourth-order valence-electron chi connectivity index (χ4n) is 1.56. The molecule has 0 bridgehead atoms. The first-order valence-electron chi connectivity index (χ1n) is 6.41. The van der Waals surface area contributed by atoms with Crippen molar-refractivity contribution in [2.45, 2.75) is 26.3 Å². The van der Waals surface area contributed by atoms with Crippen LogP contribution in [-0.2, 0) is 9.59 Å². The number of para-hydroxylation sites is 1. The molecule has 108 valence electrons. The zero-order valence-electron chi connectivity index (χ0n) is 11.6. The molecular weight excluding hydrogens is 258 g/mol. The van der Waals surface area contributed by atoms with Gasteiger partial charge in [-0.25, -0.2) is 4.79 Å². The summed E-state index contributed by atoms with van der Waals surface area (Å²) in [6.07, 6.45) is 2.77. The number of ether oxygens (including phenoxy) is 1. The van der Waals surface area contributed by atoms with Crippen molar-refractivity contribution in [1.29, 1.82) is 0 Å². The molecule has 5 nitrogen and oxygen atoms in total. The van der Waals surface area contributed by atoms with Gasteiger partial charge < -0.3 is 15.2 Å². The van der Waals surface area contributed by atoms with E-state index in [1.54, 1.807) is 24.3 Å². The van der Waals surface area contributed by atoms with Crippen LogP contribution in [0.3, 0.4) is 0 Å². The van der Waals surface area contributed by atoms with E-state index >= 15 is 0 Å². The molecule has 2 N–H and O–H groups in total. The maximum absolute atomic E-state index is 11.5. The minimum Gasteiger partial charge on any atom is -0.492 e. The van der Waals surface area contributed by atoms with Crippen LogP contribution in [0.4, 0.5) is 0 Å². The second kappa shape index (κ2) is 7.99. The van der Waals surface area contributed by atoms with E-state index in [1.807, 2.05) is 13.8 Å². The average Bonchev–Trinajstić information content (AvgIpc) is 2.36. The third-order valence-electron chi connectivity index (χ3n) is 2.36. The van der Waals surface area contributed by atoms with E-state index in [-0.39, 0.29) is 25.0 Å². The Bertz CT molecular complexity index is 494. The predicted molar refractivity (Wildman–Crippen MR) is 76.5 cm³/mol. The second-order valence-corrected chi connectivity index (χ2v) is 4.53. The number of benzene rings is 1. The molecule has 0 fully saturated rings. The molecule has 0 aromatic heterocycles. The summed E-state index contributed by atoms with van der Waals surface area (Å²) in [6.45, 7) is 4.03. The Labute approximate surface area is 118 Å². The molecule has 20 heavy (non-hydrogen) atoms. The average molecular weight is 277 g/mol. The highest BCUT2D eigenvalue weighted by molar-refractivity contribution is 5.85. The van der Waals surface area contributed by atoms with Crippen LogP contribution in [0.15, 0.2) is 30.3 Å². The largest absolute Gasteiger partial charge is 0.492 e. The van der Waals surface area contributed by atoms with E-state index in [4.69, 9.17) is 9.84 Å². The lowest BCUT2D eigenvalue weighted by Crippen LogP contribution is -2.31. The number of carboxylic acid groups (broad SMARTS) is 1. The van der Waals surface area contributed by atoms with Gasteiger partial charge in [0, 0.05) is 17.7 Å². The van der Waals surface area contributed by atoms with Gasteiger partial charge in [-0.3, -0.25) is 4.79 Å². The van der Waals surface area contributed by atoms with Gasteiger partial charge >= 0.3 is 5.97 Å². The molecule has 0 saturated heterocycles. The summed E-state index contributed by atoms with van der Waals surface area (Å²) in [5, 5.41) is 11.4. The standard InChI is InChI=1S/C15H19NO4/c1-11(2)16-14(17)9-10-20-13-6-4-3-5-12(13)7-8-15(18)19/h3-8,11H,9-10H2,1-2H3,(H,16,17)(H,18,19). The first-order chi connectivity index (χ1) is 9.49. The van der Waals surface area contributed by atoms with Gasteiger partial charge in [-0.1, -0.05) is 18.2 Å². The van der Waals surface area contributed by atoms with Crippen molar-refractivity contribution in [3.8, 4) is 5.75 Å². The Hall–Kier alpha value is -2.30. The number of carbonyl (C=O) groups excluding carboxylic acids is 1. The lowest BCUT2D eigenvalue weighted by Gasteiger charge is -2.10. The van der Waals surface area contributed by atoms with Gasteiger partial charge in [-0.2, -0.15) is 0 Å². The van der Waals surface area contributed by atoms with E-state index < -0.39 is 5.97 Å². The minimum absolute atomic E-state index is 0.0708. The highest BCUT2D eigenvalue weighted by Gasteiger charge is 2.05. The van der Waals surface area contributed by atoms with Crippen LogP contribution in [0.2, 0.25) is 0 Å². The van der Waals surface area contributed by atoms with E-state index in [1.165, 1.54) is 6.08 Å².